The molecule has 1 aliphatic carbocycles. The quantitative estimate of drug-likeness (QED) is 0.834. The molecule has 1 heterocycles. The molecule has 1 aliphatic rings. The maximum absolute atomic E-state index is 5.79. The molecule has 0 saturated heterocycles. The van der Waals surface area contributed by atoms with Gasteiger partial charge in [-0.05, 0) is 38.4 Å². The Bertz CT molecular complexity index is 391. The molecule has 2 rings (SSSR count). The standard InChI is InChI=1S/C13H21ClN4/c1-10-9-16-13(14)17-12(10)15-7-8-18(2)11-5-3-4-6-11/h9,11H,3-8H2,1-2H3,(H,15,16,17). The van der Waals surface area contributed by atoms with Gasteiger partial charge in [-0.1, -0.05) is 12.8 Å². The summed E-state index contributed by atoms with van der Waals surface area (Å²) in [7, 11) is 2.21. The van der Waals surface area contributed by atoms with Gasteiger partial charge in [-0.25, -0.2) is 9.97 Å². The van der Waals surface area contributed by atoms with Crippen LogP contribution < -0.4 is 5.32 Å². The summed E-state index contributed by atoms with van der Waals surface area (Å²) in [6.07, 6.45) is 7.19. The molecule has 18 heavy (non-hydrogen) atoms. The van der Waals surface area contributed by atoms with E-state index in [1.165, 1.54) is 25.7 Å². The molecular weight excluding hydrogens is 248 g/mol. The average Bonchev–Trinajstić information content (AvgIpc) is 2.87. The first kappa shape index (κ1) is 13.6. The monoisotopic (exact) mass is 268 g/mol. The first-order valence-corrected chi connectivity index (χ1v) is 6.98. The zero-order valence-electron chi connectivity index (χ0n) is 11.1. The molecule has 0 amide bonds. The molecule has 0 bridgehead atoms. The van der Waals surface area contributed by atoms with E-state index >= 15 is 0 Å². The van der Waals surface area contributed by atoms with Gasteiger partial charge in [-0.3, -0.25) is 0 Å². The highest BCUT2D eigenvalue weighted by molar-refractivity contribution is 6.28. The molecule has 1 saturated carbocycles. The van der Waals surface area contributed by atoms with Crippen molar-refractivity contribution in [2.24, 2.45) is 0 Å². The van der Waals surface area contributed by atoms with E-state index in [9.17, 15) is 0 Å². The molecule has 1 aromatic rings. The number of rotatable bonds is 5. The maximum Gasteiger partial charge on any atom is 0.224 e. The third-order valence-electron chi connectivity index (χ3n) is 3.65. The number of hydrogen-bond acceptors (Lipinski definition) is 4. The van der Waals surface area contributed by atoms with Crippen LogP contribution in [0.1, 0.15) is 31.2 Å². The lowest BCUT2D eigenvalue weighted by atomic mass is 10.2. The van der Waals surface area contributed by atoms with Crippen LogP contribution in [0.15, 0.2) is 6.20 Å². The molecule has 100 valence electrons. The number of hydrogen-bond donors (Lipinski definition) is 1. The van der Waals surface area contributed by atoms with Crippen LogP contribution >= 0.6 is 11.6 Å². The van der Waals surface area contributed by atoms with Crippen LogP contribution in [-0.2, 0) is 0 Å². The van der Waals surface area contributed by atoms with Crippen LogP contribution in [0.2, 0.25) is 5.28 Å². The molecule has 5 heteroatoms. The smallest absolute Gasteiger partial charge is 0.224 e. The Morgan fingerprint density at radius 1 is 1.44 bits per heavy atom. The van der Waals surface area contributed by atoms with E-state index in [1.54, 1.807) is 6.20 Å². The van der Waals surface area contributed by atoms with Crippen molar-refractivity contribution in [1.29, 1.82) is 0 Å². The van der Waals surface area contributed by atoms with E-state index in [2.05, 4.69) is 27.2 Å². The van der Waals surface area contributed by atoms with Gasteiger partial charge in [0, 0.05) is 30.9 Å². The van der Waals surface area contributed by atoms with Crippen molar-refractivity contribution in [1.82, 2.24) is 14.9 Å². The SMILES string of the molecule is Cc1cnc(Cl)nc1NCCN(C)C1CCCC1. The lowest BCUT2D eigenvalue weighted by molar-refractivity contribution is 0.254. The summed E-state index contributed by atoms with van der Waals surface area (Å²) in [5.74, 6) is 0.842. The number of nitrogens with zero attached hydrogens (tertiary/aromatic N) is 3. The highest BCUT2D eigenvalue weighted by Crippen LogP contribution is 2.22. The Morgan fingerprint density at radius 2 is 2.17 bits per heavy atom. The van der Waals surface area contributed by atoms with Gasteiger partial charge >= 0.3 is 0 Å². The van der Waals surface area contributed by atoms with Gasteiger partial charge in [0.1, 0.15) is 5.82 Å². The highest BCUT2D eigenvalue weighted by atomic mass is 35.5. The van der Waals surface area contributed by atoms with E-state index in [-0.39, 0.29) is 0 Å². The number of aryl methyl sites for hydroxylation is 1. The molecule has 1 aromatic heterocycles. The van der Waals surface area contributed by atoms with Crippen molar-refractivity contribution in [3.8, 4) is 0 Å². The van der Waals surface area contributed by atoms with E-state index in [0.29, 0.717) is 5.28 Å². The van der Waals surface area contributed by atoms with Gasteiger partial charge in [0.25, 0.3) is 0 Å². The van der Waals surface area contributed by atoms with Crippen LogP contribution in [-0.4, -0.2) is 41.0 Å². The van der Waals surface area contributed by atoms with Gasteiger partial charge in [-0.15, -0.1) is 0 Å². The van der Waals surface area contributed by atoms with Gasteiger partial charge in [-0.2, -0.15) is 0 Å². The second-order valence-electron chi connectivity index (χ2n) is 5.02. The summed E-state index contributed by atoms with van der Waals surface area (Å²) < 4.78 is 0. The third kappa shape index (κ3) is 3.56. The van der Waals surface area contributed by atoms with E-state index < -0.39 is 0 Å². The summed E-state index contributed by atoms with van der Waals surface area (Å²) in [4.78, 5) is 10.6. The molecular formula is C13H21ClN4. The number of aromatic nitrogens is 2. The molecule has 1 N–H and O–H groups in total. The lowest BCUT2D eigenvalue weighted by Gasteiger charge is -2.24. The van der Waals surface area contributed by atoms with E-state index in [1.807, 2.05) is 6.92 Å². The zero-order chi connectivity index (χ0) is 13.0. The number of halogens is 1. The number of likely N-dealkylation sites (N-methyl/N-ethyl adjacent to an activating group) is 1. The summed E-state index contributed by atoms with van der Waals surface area (Å²) in [5, 5.41) is 3.63. The Labute approximate surface area is 114 Å². The summed E-state index contributed by atoms with van der Waals surface area (Å²) in [5.41, 5.74) is 1.03. The Morgan fingerprint density at radius 3 is 2.89 bits per heavy atom. The third-order valence-corrected chi connectivity index (χ3v) is 3.83. The predicted octanol–water partition coefficient (Wildman–Crippen LogP) is 2.72. The van der Waals surface area contributed by atoms with Crippen LogP contribution in [0, 0.1) is 6.92 Å². The fourth-order valence-electron chi connectivity index (χ4n) is 2.48. The average molecular weight is 269 g/mol. The Kier molecular flexibility index (Phi) is 4.78. The molecule has 1 fully saturated rings. The molecule has 0 aromatic carbocycles. The minimum absolute atomic E-state index is 0.298. The molecule has 4 nitrogen and oxygen atoms in total. The summed E-state index contributed by atoms with van der Waals surface area (Å²) in [6, 6.07) is 0.766. The summed E-state index contributed by atoms with van der Waals surface area (Å²) in [6.45, 7) is 3.91. The topological polar surface area (TPSA) is 41.1 Å². The molecule has 0 unspecified atom stereocenters. The minimum Gasteiger partial charge on any atom is -0.368 e. The van der Waals surface area contributed by atoms with Gasteiger partial charge < -0.3 is 10.2 Å². The highest BCUT2D eigenvalue weighted by Gasteiger charge is 2.18. The first-order valence-electron chi connectivity index (χ1n) is 6.60. The van der Waals surface area contributed by atoms with E-state index in [4.69, 9.17) is 11.6 Å². The molecule has 0 spiro atoms. The second kappa shape index (κ2) is 6.34. The second-order valence-corrected chi connectivity index (χ2v) is 5.35. The van der Waals surface area contributed by atoms with Gasteiger partial charge in [0.2, 0.25) is 5.28 Å². The van der Waals surface area contributed by atoms with Crippen molar-refractivity contribution >= 4 is 17.4 Å². The molecule has 0 radical (unpaired) electrons. The minimum atomic E-state index is 0.298. The van der Waals surface area contributed by atoms with Crippen molar-refractivity contribution in [3.63, 3.8) is 0 Å². The van der Waals surface area contributed by atoms with Crippen LogP contribution in [0.25, 0.3) is 0 Å². The van der Waals surface area contributed by atoms with Crippen molar-refractivity contribution in [2.45, 2.75) is 38.6 Å². The maximum atomic E-state index is 5.79. The molecule has 0 aliphatic heterocycles. The number of anilines is 1. The van der Waals surface area contributed by atoms with E-state index in [0.717, 1.165) is 30.5 Å². The normalized spacial score (nSPS) is 16.4. The van der Waals surface area contributed by atoms with Gasteiger partial charge in [0.05, 0.1) is 0 Å². The van der Waals surface area contributed by atoms with Crippen LogP contribution in [0.5, 0.6) is 0 Å². The van der Waals surface area contributed by atoms with Crippen LogP contribution in [0.3, 0.4) is 0 Å². The number of nitrogens with one attached hydrogen (secondary N) is 1. The van der Waals surface area contributed by atoms with Gasteiger partial charge in [0.15, 0.2) is 0 Å². The van der Waals surface area contributed by atoms with Crippen molar-refractivity contribution < 1.29 is 0 Å². The van der Waals surface area contributed by atoms with Crippen LogP contribution in [0.4, 0.5) is 5.82 Å². The van der Waals surface area contributed by atoms with Crippen molar-refractivity contribution in [3.05, 3.63) is 17.0 Å². The lowest BCUT2D eigenvalue weighted by Crippen LogP contribution is -2.33. The fraction of sp³-hybridized carbons (Fsp3) is 0.692. The zero-order valence-corrected chi connectivity index (χ0v) is 11.9. The predicted molar refractivity (Wildman–Crippen MR) is 75.2 cm³/mol. The van der Waals surface area contributed by atoms with Crippen molar-refractivity contribution in [2.75, 3.05) is 25.5 Å². The Hall–Kier alpha value is -0.870. The largest absolute Gasteiger partial charge is 0.368 e. The first-order chi connectivity index (χ1) is 8.66. The Balaban J connectivity index is 1.79. The summed E-state index contributed by atoms with van der Waals surface area (Å²) >= 11 is 5.79. The fourth-order valence-corrected chi connectivity index (χ4v) is 2.61. The molecule has 0 atom stereocenters.